The van der Waals surface area contributed by atoms with E-state index in [1.54, 1.807) is 12.4 Å². The van der Waals surface area contributed by atoms with Crippen LogP contribution in [0.15, 0.2) is 30.6 Å². The molecule has 1 heterocycles. The lowest BCUT2D eigenvalue weighted by Crippen LogP contribution is -2.02. The van der Waals surface area contributed by atoms with E-state index in [-0.39, 0.29) is 5.82 Å². The molecule has 4 N–H and O–H groups in total. The van der Waals surface area contributed by atoms with Crippen LogP contribution in [0.2, 0.25) is 0 Å². The molecule has 0 unspecified atom stereocenters. The number of nitrogens with one attached hydrogen (secondary N) is 2. The van der Waals surface area contributed by atoms with E-state index in [4.69, 9.17) is 5.73 Å². The zero-order valence-corrected chi connectivity index (χ0v) is 8.00. The van der Waals surface area contributed by atoms with Crippen molar-refractivity contribution >= 4 is 11.4 Å². The molecular formula is C10H11FN4. The number of nitrogen functional groups attached to an aromatic ring is 1. The SMILES string of the molecule is Nc1ccc(F)cc1NCc1cn[nH]c1. The van der Waals surface area contributed by atoms with E-state index < -0.39 is 0 Å². The lowest BCUT2D eigenvalue weighted by atomic mass is 10.2. The fourth-order valence-electron chi connectivity index (χ4n) is 1.25. The average molecular weight is 206 g/mol. The molecule has 0 saturated carbocycles. The van der Waals surface area contributed by atoms with Crippen molar-refractivity contribution in [2.24, 2.45) is 0 Å². The molecule has 0 saturated heterocycles. The van der Waals surface area contributed by atoms with Crippen molar-refractivity contribution in [2.75, 3.05) is 11.1 Å². The first-order chi connectivity index (χ1) is 7.25. The van der Waals surface area contributed by atoms with Gasteiger partial charge < -0.3 is 11.1 Å². The van der Waals surface area contributed by atoms with Gasteiger partial charge >= 0.3 is 0 Å². The molecule has 5 heteroatoms. The summed E-state index contributed by atoms with van der Waals surface area (Å²) in [6.07, 6.45) is 3.46. The zero-order chi connectivity index (χ0) is 10.7. The summed E-state index contributed by atoms with van der Waals surface area (Å²) in [6.45, 7) is 0.560. The predicted octanol–water partition coefficient (Wildman–Crippen LogP) is 1.74. The summed E-state index contributed by atoms with van der Waals surface area (Å²) < 4.78 is 12.9. The smallest absolute Gasteiger partial charge is 0.125 e. The van der Waals surface area contributed by atoms with Crippen molar-refractivity contribution in [2.45, 2.75) is 6.54 Å². The van der Waals surface area contributed by atoms with E-state index >= 15 is 0 Å². The van der Waals surface area contributed by atoms with Gasteiger partial charge in [0.15, 0.2) is 0 Å². The van der Waals surface area contributed by atoms with Crippen LogP contribution in [-0.2, 0) is 6.54 Å². The van der Waals surface area contributed by atoms with Crippen LogP contribution in [0.25, 0.3) is 0 Å². The zero-order valence-electron chi connectivity index (χ0n) is 8.00. The molecule has 0 fully saturated rings. The number of aromatic amines is 1. The number of halogens is 1. The van der Waals surface area contributed by atoms with Gasteiger partial charge in [0.05, 0.1) is 17.6 Å². The van der Waals surface area contributed by atoms with Crippen LogP contribution in [0, 0.1) is 5.82 Å². The number of benzene rings is 1. The van der Waals surface area contributed by atoms with Crippen LogP contribution in [0.1, 0.15) is 5.56 Å². The maximum absolute atomic E-state index is 12.9. The maximum atomic E-state index is 12.9. The number of rotatable bonds is 3. The number of hydrogen-bond acceptors (Lipinski definition) is 3. The number of H-pyrrole nitrogens is 1. The maximum Gasteiger partial charge on any atom is 0.125 e. The third-order valence-electron chi connectivity index (χ3n) is 2.05. The van der Waals surface area contributed by atoms with Crippen LogP contribution >= 0.6 is 0 Å². The first-order valence-corrected chi connectivity index (χ1v) is 4.52. The van der Waals surface area contributed by atoms with E-state index in [0.717, 1.165) is 5.56 Å². The quantitative estimate of drug-likeness (QED) is 0.670. The molecule has 0 atom stereocenters. The minimum atomic E-state index is -0.307. The van der Waals surface area contributed by atoms with Gasteiger partial charge in [-0.1, -0.05) is 0 Å². The lowest BCUT2D eigenvalue weighted by molar-refractivity contribution is 0.628. The van der Waals surface area contributed by atoms with Gasteiger partial charge in [0.2, 0.25) is 0 Å². The largest absolute Gasteiger partial charge is 0.397 e. The van der Waals surface area contributed by atoms with Crippen LogP contribution in [-0.4, -0.2) is 10.2 Å². The van der Waals surface area contributed by atoms with Crippen molar-refractivity contribution in [1.29, 1.82) is 0 Å². The van der Waals surface area contributed by atoms with E-state index in [1.165, 1.54) is 18.2 Å². The molecule has 0 bridgehead atoms. The van der Waals surface area contributed by atoms with Gasteiger partial charge in [0, 0.05) is 18.3 Å². The summed E-state index contributed by atoms with van der Waals surface area (Å²) in [7, 11) is 0. The van der Waals surface area contributed by atoms with Crippen molar-refractivity contribution in [1.82, 2.24) is 10.2 Å². The Morgan fingerprint density at radius 3 is 3.07 bits per heavy atom. The van der Waals surface area contributed by atoms with Crippen LogP contribution in [0.5, 0.6) is 0 Å². The standard InChI is InChI=1S/C10H11FN4/c11-8-1-2-9(12)10(3-8)13-4-7-5-14-15-6-7/h1-3,5-6,13H,4,12H2,(H,14,15). The summed E-state index contributed by atoms with van der Waals surface area (Å²) >= 11 is 0. The molecule has 15 heavy (non-hydrogen) atoms. The van der Waals surface area contributed by atoms with E-state index in [9.17, 15) is 4.39 Å². The highest BCUT2D eigenvalue weighted by atomic mass is 19.1. The Labute approximate surface area is 86.3 Å². The first-order valence-electron chi connectivity index (χ1n) is 4.52. The molecule has 4 nitrogen and oxygen atoms in total. The topological polar surface area (TPSA) is 66.7 Å². The lowest BCUT2D eigenvalue weighted by Gasteiger charge is -2.07. The number of hydrogen-bond donors (Lipinski definition) is 3. The van der Waals surface area contributed by atoms with Crippen molar-refractivity contribution < 1.29 is 4.39 Å². The molecule has 1 aromatic heterocycles. The van der Waals surface area contributed by atoms with E-state index in [0.29, 0.717) is 17.9 Å². The first kappa shape index (κ1) is 9.51. The van der Waals surface area contributed by atoms with Crippen LogP contribution < -0.4 is 11.1 Å². The van der Waals surface area contributed by atoms with Crippen LogP contribution in [0.3, 0.4) is 0 Å². The summed E-state index contributed by atoms with van der Waals surface area (Å²) in [5.41, 5.74) is 7.78. The fraction of sp³-hybridized carbons (Fsp3) is 0.100. The molecular weight excluding hydrogens is 195 g/mol. The highest BCUT2D eigenvalue weighted by molar-refractivity contribution is 5.65. The number of nitrogens with zero attached hydrogens (tertiary/aromatic N) is 1. The van der Waals surface area contributed by atoms with Crippen molar-refractivity contribution in [3.8, 4) is 0 Å². The van der Waals surface area contributed by atoms with Gasteiger partial charge in [-0.05, 0) is 18.2 Å². The molecule has 0 aliphatic carbocycles. The molecule has 2 rings (SSSR count). The van der Waals surface area contributed by atoms with Crippen LogP contribution in [0.4, 0.5) is 15.8 Å². The Bertz CT molecular complexity index is 439. The third-order valence-corrected chi connectivity index (χ3v) is 2.05. The van der Waals surface area contributed by atoms with E-state index in [2.05, 4.69) is 15.5 Å². The minimum Gasteiger partial charge on any atom is -0.397 e. The van der Waals surface area contributed by atoms with Gasteiger partial charge in [-0.2, -0.15) is 5.10 Å². The summed E-state index contributed by atoms with van der Waals surface area (Å²) in [4.78, 5) is 0. The van der Waals surface area contributed by atoms with Gasteiger partial charge in [0.1, 0.15) is 5.82 Å². The van der Waals surface area contributed by atoms with Gasteiger partial charge in [-0.15, -0.1) is 0 Å². The fourth-order valence-corrected chi connectivity index (χ4v) is 1.25. The Kier molecular flexibility index (Phi) is 2.53. The molecule has 2 aromatic rings. The second-order valence-electron chi connectivity index (χ2n) is 3.19. The predicted molar refractivity (Wildman–Crippen MR) is 56.7 cm³/mol. The molecule has 0 radical (unpaired) electrons. The molecule has 1 aromatic carbocycles. The Balaban J connectivity index is 2.07. The molecule has 0 amide bonds. The highest BCUT2D eigenvalue weighted by Gasteiger charge is 2.01. The summed E-state index contributed by atoms with van der Waals surface area (Å²) in [5.74, 6) is -0.307. The molecule has 0 aliphatic heterocycles. The van der Waals surface area contributed by atoms with Gasteiger partial charge in [-0.25, -0.2) is 4.39 Å². The number of aromatic nitrogens is 2. The van der Waals surface area contributed by atoms with E-state index in [1.807, 2.05) is 0 Å². The van der Waals surface area contributed by atoms with Crippen molar-refractivity contribution in [3.05, 3.63) is 42.0 Å². The molecule has 0 spiro atoms. The second kappa shape index (κ2) is 4.00. The molecule has 0 aliphatic rings. The number of nitrogens with two attached hydrogens (primary N) is 1. The molecule has 78 valence electrons. The van der Waals surface area contributed by atoms with Gasteiger partial charge in [-0.3, -0.25) is 5.10 Å². The number of anilines is 2. The average Bonchev–Trinajstić information content (AvgIpc) is 2.72. The van der Waals surface area contributed by atoms with Crippen molar-refractivity contribution in [3.63, 3.8) is 0 Å². The third kappa shape index (κ3) is 2.25. The Hall–Kier alpha value is -2.04. The van der Waals surface area contributed by atoms with Gasteiger partial charge in [0.25, 0.3) is 0 Å². The normalized spacial score (nSPS) is 10.2. The highest BCUT2D eigenvalue weighted by Crippen LogP contribution is 2.19. The Morgan fingerprint density at radius 2 is 2.33 bits per heavy atom. The summed E-state index contributed by atoms with van der Waals surface area (Å²) in [5, 5.41) is 9.53. The Morgan fingerprint density at radius 1 is 1.47 bits per heavy atom. The monoisotopic (exact) mass is 206 g/mol. The minimum absolute atomic E-state index is 0.307. The summed E-state index contributed by atoms with van der Waals surface area (Å²) in [6, 6.07) is 4.24. The second-order valence-corrected chi connectivity index (χ2v) is 3.19.